The number of hydrogen-bond donors (Lipinski definition) is 0. The average molecular weight is 276 g/mol. The lowest BCUT2D eigenvalue weighted by Crippen LogP contribution is -2.41. The molecule has 14 heavy (non-hydrogen) atoms. The van der Waals surface area contributed by atoms with Crippen molar-refractivity contribution < 1.29 is 0 Å². The van der Waals surface area contributed by atoms with Crippen LogP contribution in [0.1, 0.15) is 25.7 Å². The number of rotatable bonds is 5. The van der Waals surface area contributed by atoms with E-state index in [4.69, 9.17) is 0 Å². The van der Waals surface area contributed by atoms with Crippen LogP contribution in [0.5, 0.6) is 0 Å². The van der Waals surface area contributed by atoms with Gasteiger partial charge in [0.2, 0.25) is 5.13 Å². The molecule has 1 fully saturated rings. The van der Waals surface area contributed by atoms with Crippen LogP contribution >= 0.6 is 27.3 Å². The standard InChI is InChI=1S/C9H14BrN3S/c10-5-2-6-13(8-3-1-4-8)9-12-11-7-14-9/h7-8H,1-6H2. The zero-order chi connectivity index (χ0) is 9.80. The molecule has 0 aliphatic heterocycles. The molecule has 0 aromatic carbocycles. The van der Waals surface area contributed by atoms with Crippen molar-refractivity contribution in [2.45, 2.75) is 31.7 Å². The van der Waals surface area contributed by atoms with Crippen LogP contribution in [0, 0.1) is 0 Å². The van der Waals surface area contributed by atoms with Gasteiger partial charge in [0.1, 0.15) is 5.51 Å². The third-order valence-corrected chi connectivity index (χ3v) is 3.93. The molecule has 1 heterocycles. The zero-order valence-electron chi connectivity index (χ0n) is 8.03. The smallest absolute Gasteiger partial charge is 0.208 e. The van der Waals surface area contributed by atoms with Gasteiger partial charge in [0.05, 0.1) is 0 Å². The summed E-state index contributed by atoms with van der Waals surface area (Å²) in [7, 11) is 0. The fraction of sp³-hybridized carbons (Fsp3) is 0.778. The number of aromatic nitrogens is 2. The van der Waals surface area contributed by atoms with Gasteiger partial charge in [-0.3, -0.25) is 0 Å². The first-order valence-electron chi connectivity index (χ1n) is 5.00. The number of hydrogen-bond acceptors (Lipinski definition) is 4. The second-order valence-corrected chi connectivity index (χ2v) is 5.15. The topological polar surface area (TPSA) is 29.0 Å². The Bertz CT molecular complexity index is 261. The van der Waals surface area contributed by atoms with Gasteiger partial charge >= 0.3 is 0 Å². The molecule has 1 aromatic heterocycles. The molecule has 0 bridgehead atoms. The van der Waals surface area contributed by atoms with Crippen LogP contribution in [0.3, 0.4) is 0 Å². The van der Waals surface area contributed by atoms with Crippen molar-refractivity contribution in [3.8, 4) is 0 Å². The van der Waals surface area contributed by atoms with Crippen LogP contribution < -0.4 is 4.90 Å². The molecule has 0 radical (unpaired) electrons. The monoisotopic (exact) mass is 275 g/mol. The first-order chi connectivity index (χ1) is 6.92. The van der Waals surface area contributed by atoms with E-state index in [9.17, 15) is 0 Å². The average Bonchev–Trinajstić information content (AvgIpc) is 2.61. The lowest BCUT2D eigenvalue weighted by molar-refractivity contribution is 0.385. The second-order valence-electron chi connectivity index (χ2n) is 3.54. The van der Waals surface area contributed by atoms with Crippen molar-refractivity contribution in [2.24, 2.45) is 0 Å². The number of halogens is 1. The highest BCUT2D eigenvalue weighted by Gasteiger charge is 2.26. The van der Waals surface area contributed by atoms with Crippen LogP contribution in [-0.4, -0.2) is 28.1 Å². The van der Waals surface area contributed by atoms with E-state index >= 15 is 0 Å². The van der Waals surface area contributed by atoms with Gasteiger partial charge < -0.3 is 4.90 Å². The number of anilines is 1. The summed E-state index contributed by atoms with van der Waals surface area (Å²) < 4.78 is 0. The summed E-state index contributed by atoms with van der Waals surface area (Å²) in [5, 5.41) is 10.2. The molecule has 0 N–H and O–H groups in total. The van der Waals surface area contributed by atoms with Crippen LogP contribution in [-0.2, 0) is 0 Å². The molecule has 1 aliphatic rings. The van der Waals surface area contributed by atoms with Crippen molar-refractivity contribution in [3.05, 3.63) is 5.51 Å². The van der Waals surface area contributed by atoms with Crippen molar-refractivity contribution in [1.82, 2.24) is 10.2 Å². The fourth-order valence-electron chi connectivity index (χ4n) is 1.66. The van der Waals surface area contributed by atoms with E-state index in [1.165, 1.54) is 25.7 Å². The normalized spacial score (nSPS) is 16.6. The van der Waals surface area contributed by atoms with Gasteiger partial charge in [-0.25, -0.2) is 0 Å². The Balaban J connectivity index is 1.98. The number of alkyl halides is 1. The summed E-state index contributed by atoms with van der Waals surface area (Å²) in [5.74, 6) is 0. The predicted molar refractivity (Wildman–Crippen MR) is 63.3 cm³/mol. The Morgan fingerprint density at radius 2 is 2.43 bits per heavy atom. The molecular weight excluding hydrogens is 262 g/mol. The van der Waals surface area contributed by atoms with Crippen LogP contribution in [0.4, 0.5) is 5.13 Å². The van der Waals surface area contributed by atoms with E-state index in [1.54, 1.807) is 11.3 Å². The van der Waals surface area contributed by atoms with E-state index in [-0.39, 0.29) is 0 Å². The van der Waals surface area contributed by atoms with E-state index in [0.717, 1.165) is 23.0 Å². The lowest BCUT2D eigenvalue weighted by atomic mass is 9.92. The van der Waals surface area contributed by atoms with E-state index in [2.05, 4.69) is 31.0 Å². The van der Waals surface area contributed by atoms with Gasteiger partial charge in [0.15, 0.2) is 0 Å². The highest BCUT2D eigenvalue weighted by Crippen LogP contribution is 2.30. The van der Waals surface area contributed by atoms with Gasteiger partial charge in [-0.05, 0) is 25.7 Å². The number of nitrogens with zero attached hydrogens (tertiary/aromatic N) is 3. The molecule has 0 amide bonds. The molecule has 2 rings (SSSR count). The van der Waals surface area contributed by atoms with Gasteiger partial charge in [0.25, 0.3) is 0 Å². The largest absolute Gasteiger partial charge is 0.344 e. The first kappa shape index (κ1) is 10.4. The Morgan fingerprint density at radius 1 is 1.57 bits per heavy atom. The van der Waals surface area contributed by atoms with Crippen molar-refractivity contribution >= 4 is 32.4 Å². The molecule has 3 nitrogen and oxygen atoms in total. The minimum absolute atomic E-state index is 0.724. The summed E-state index contributed by atoms with van der Waals surface area (Å²) in [4.78, 5) is 2.42. The van der Waals surface area contributed by atoms with E-state index in [1.807, 2.05) is 5.51 Å². The molecule has 0 saturated heterocycles. The molecular formula is C9H14BrN3S. The van der Waals surface area contributed by atoms with Gasteiger partial charge in [0, 0.05) is 17.9 Å². The molecule has 78 valence electrons. The van der Waals surface area contributed by atoms with Crippen LogP contribution in [0.25, 0.3) is 0 Å². The molecule has 1 aliphatic carbocycles. The maximum absolute atomic E-state index is 4.15. The third-order valence-electron chi connectivity index (χ3n) is 2.64. The van der Waals surface area contributed by atoms with Crippen molar-refractivity contribution in [1.29, 1.82) is 0 Å². The van der Waals surface area contributed by atoms with Crippen molar-refractivity contribution in [2.75, 3.05) is 16.8 Å². The summed E-state index contributed by atoms with van der Waals surface area (Å²) in [6.07, 6.45) is 5.19. The first-order valence-corrected chi connectivity index (χ1v) is 7.00. The maximum atomic E-state index is 4.15. The summed E-state index contributed by atoms with van der Waals surface area (Å²) in [6, 6.07) is 0.724. The van der Waals surface area contributed by atoms with Gasteiger partial charge in [-0.2, -0.15) is 0 Å². The van der Waals surface area contributed by atoms with Crippen LogP contribution in [0.2, 0.25) is 0 Å². The second kappa shape index (κ2) is 5.07. The third kappa shape index (κ3) is 2.25. The molecule has 0 spiro atoms. The molecule has 0 atom stereocenters. The Kier molecular flexibility index (Phi) is 3.75. The summed E-state index contributed by atoms with van der Waals surface area (Å²) in [6.45, 7) is 1.10. The van der Waals surface area contributed by atoms with Gasteiger partial charge in [-0.1, -0.05) is 27.3 Å². The predicted octanol–water partition coefficient (Wildman–Crippen LogP) is 2.68. The fourth-order valence-corrected chi connectivity index (χ4v) is 2.56. The highest BCUT2D eigenvalue weighted by atomic mass is 79.9. The Labute approximate surface area is 96.7 Å². The maximum Gasteiger partial charge on any atom is 0.208 e. The summed E-state index contributed by atoms with van der Waals surface area (Å²) in [5.41, 5.74) is 1.81. The van der Waals surface area contributed by atoms with E-state index in [0.29, 0.717) is 0 Å². The SMILES string of the molecule is BrCCCN(c1nncs1)C1CCC1. The Morgan fingerprint density at radius 3 is 2.93 bits per heavy atom. The minimum atomic E-state index is 0.724. The lowest BCUT2D eigenvalue weighted by Gasteiger charge is -2.37. The van der Waals surface area contributed by atoms with Crippen LogP contribution in [0.15, 0.2) is 5.51 Å². The quantitative estimate of drug-likeness (QED) is 0.774. The van der Waals surface area contributed by atoms with Crippen molar-refractivity contribution in [3.63, 3.8) is 0 Å². The highest BCUT2D eigenvalue weighted by molar-refractivity contribution is 9.09. The molecule has 5 heteroatoms. The van der Waals surface area contributed by atoms with E-state index < -0.39 is 0 Å². The molecule has 0 unspecified atom stereocenters. The van der Waals surface area contributed by atoms with Gasteiger partial charge in [-0.15, -0.1) is 10.2 Å². The summed E-state index contributed by atoms with van der Waals surface area (Å²) >= 11 is 5.12. The zero-order valence-corrected chi connectivity index (χ0v) is 10.4. The Hall–Kier alpha value is -0.160. The minimum Gasteiger partial charge on any atom is -0.344 e. The molecule has 1 saturated carbocycles. The molecule has 1 aromatic rings.